The highest BCUT2D eigenvalue weighted by Crippen LogP contribution is 2.14. The predicted octanol–water partition coefficient (Wildman–Crippen LogP) is -0.518. The van der Waals surface area contributed by atoms with Crippen LogP contribution in [0.2, 0.25) is 0 Å². The first-order valence-electron chi connectivity index (χ1n) is 4.22. The molecular formula is C9H4N4O2. The lowest BCUT2D eigenvalue weighted by atomic mass is 10.1. The van der Waals surface area contributed by atoms with E-state index in [9.17, 15) is 9.90 Å². The summed E-state index contributed by atoms with van der Waals surface area (Å²) in [4.78, 5) is 15.2. The third-order valence-electron chi connectivity index (χ3n) is 2.20. The van der Waals surface area contributed by atoms with E-state index in [0.29, 0.717) is 16.3 Å². The van der Waals surface area contributed by atoms with Gasteiger partial charge in [-0.05, 0) is 17.4 Å². The van der Waals surface area contributed by atoms with Gasteiger partial charge in [0.15, 0.2) is 5.71 Å². The van der Waals surface area contributed by atoms with E-state index < -0.39 is 5.91 Å². The Labute approximate surface area is 83.0 Å². The molecule has 72 valence electrons. The van der Waals surface area contributed by atoms with Crippen molar-refractivity contribution in [3.8, 4) is 5.75 Å². The van der Waals surface area contributed by atoms with Crippen molar-refractivity contribution in [3.05, 3.63) is 28.8 Å². The van der Waals surface area contributed by atoms with Gasteiger partial charge in [-0.3, -0.25) is 4.79 Å². The van der Waals surface area contributed by atoms with Crippen molar-refractivity contribution in [2.24, 2.45) is 20.4 Å². The van der Waals surface area contributed by atoms with Gasteiger partial charge in [0.05, 0.1) is 10.6 Å². The predicted molar refractivity (Wildman–Crippen MR) is 49.6 cm³/mol. The fraction of sp³-hybridized carbons (Fsp3) is 0. The number of phenolic OH excluding ortho intramolecular Hbond substituents is 1. The molecule has 1 aromatic carbocycles. The Morgan fingerprint density at radius 3 is 3.00 bits per heavy atom. The molecular weight excluding hydrogens is 196 g/mol. The second-order valence-electron chi connectivity index (χ2n) is 3.07. The van der Waals surface area contributed by atoms with Gasteiger partial charge >= 0.3 is 0 Å². The lowest BCUT2D eigenvalue weighted by molar-refractivity contribution is -0.112. The molecule has 0 aromatic heterocycles. The summed E-state index contributed by atoms with van der Waals surface area (Å²) in [7, 11) is 0. The van der Waals surface area contributed by atoms with Gasteiger partial charge in [-0.2, -0.15) is 0 Å². The molecule has 6 heteroatoms. The summed E-state index contributed by atoms with van der Waals surface area (Å²) in [6.07, 6.45) is 0. The van der Waals surface area contributed by atoms with Crippen molar-refractivity contribution in [3.63, 3.8) is 0 Å². The van der Waals surface area contributed by atoms with E-state index in [1.54, 1.807) is 12.1 Å². The van der Waals surface area contributed by atoms with Crippen LogP contribution in [0.25, 0.3) is 5.70 Å². The Balaban J connectivity index is 2.60. The van der Waals surface area contributed by atoms with Gasteiger partial charge in [0.1, 0.15) is 11.4 Å². The molecule has 0 fully saturated rings. The topological polar surface area (TPSA) is 86.7 Å². The molecule has 1 amide bonds. The second kappa shape index (κ2) is 2.57. The monoisotopic (exact) mass is 200 g/mol. The molecule has 2 aliphatic heterocycles. The van der Waals surface area contributed by atoms with Crippen LogP contribution in [-0.4, -0.2) is 16.7 Å². The first-order valence-corrected chi connectivity index (χ1v) is 4.22. The van der Waals surface area contributed by atoms with Crippen LogP contribution in [0.1, 0.15) is 0 Å². The molecule has 0 bridgehead atoms. The standard InChI is InChI=1S/C9H4N4O2/c14-5-3-1-2-4-6(5)7-8(9(15)10-4)12-13-11-7/h1-3,14H. The summed E-state index contributed by atoms with van der Waals surface area (Å²) < 4.78 is 0. The molecule has 1 N–H and O–H groups in total. The molecule has 6 nitrogen and oxygen atoms in total. The van der Waals surface area contributed by atoms with Crippen molar-refractivity contribution < 1.29 is 9.90 Å². The van der Waals surface area contributed by atoms with Crippen LogP contribution >= 0.6 is 0 Å². The lowest BCUT2D eigenvalue weighted by Crippen LogP contribution is -2.36. The fourth-order valence-corrected chi connectivity index (χ4v) is 1.55. The number of benzene rings is 1. The van der Waals surface area contributed by atoms with E-state index in [0.717, 1.165) is 0 Å². The maximum atomic E-state index is 11.4. The highest BCUT2D eigenvalue weighted by molar-refractivity contribution is 6.54. The number of nitrogens with zero attached hydrogens (tertiary/aromatic N) is 4. The molecule has 2 heterocycles. The Morgan fingerprint density at radius 2 is 2.13 bits per heavy atom. The summed E-state index contributed by atoms with van der Waals surface area (Å²) in [6, 6.07) is 4.74. The molecule has 0 radical (unpaired) electrons. The van der Waals surface area contributed by atoms with E-state index in [1.807, 2.05) is 0 Å². The Hall–Kier alpha value is -2.37. The molecule has 0 aliphatic carbocycles. The number of carbonyl (C=O) groups excluding carboxylic acids is 1. The molecule has 15 heavy (non-hydrogen) atoms. The molecule has 0 spiro atoms. The average Bonchev–Trinajstić information content (AvgIpc) is 2.66. The van der Waals surface area contributed by atoms with Crippen LogP contribution in [0.3, 0.4) is 0 Å². The maximum Gasteiger partial charge on any atom is 0.300 e. The molecule has 0 unspecified atom stereocenters. The summed E-state index contributed by atoms with van der Waals surface area (Å²) >= 11 is 0. The van der Waals surface area contributed by atoms with Crippen LogP contribution in [-0.2, 0) is 4.79 Å². The van der Waals surface area contributed by atoms with E-state index >= 15 is 0 Å². The van der Waals surface area contributed by atoms with Gasteiger partial charge in [-0.1, -0.05) is 6.07 Å². The van der Waals surface area contributed by atoms with E-state index in [4.69, 9.17) is 0 Å². The van der Waals surface area contributed by atoms with E-state index in [1.165, 1.54) is 6.07 Å². The number of aromatic hydroxyl groups is 1. The number of rotatable bonds is 0. The highest BCUT2D eigenvalue weighted by Gasteiger charge is 2.26. The minimum atomic E-state index is -0.479. The molecule has 1 aromatic rings. The van der Waals surface area contributed by atoms with Gasteiger partial charge in [0.25, 0.3) is 5.91 Å². The maximum absolute atomic E-state index is 11.4. The number of fused-ring (bicyclic) bond motifs is 2. The molecule has 0 atom stereocenters. The zero-order valence-corrected chi connectivity index (χ0v) is 7.38. The van der Waals surface area contributed by atoms with Gasteiger partial charge in [-0.25, -0.2) is 4.99 Å². The van der Waals surface area contributed by atoms with E-state index in [2.05, 4.69) is 20.4 Å². The number of carbonyl (C=O) groups is 1. The minimum absolute atomic E-state index is 0.0206. The summed E-state index contributed by atoms with van der Waals surface area (Å²) in [5.41, 5.74) is 0.382. The Bertz CT molecular complexity index is 657. The number of phenols is 1. The van der Waals surface area contributed by atoms with Gasteiger partial charge < -0.3 is 5.11 Å². The third kappa shape index (κ3) is 0.954. The zero-order valence-electron chi connectivity index (χ0n) is 7.38. The first kappa shape index (κ1) is 7.98. The van der Waals surface area contributed by atoms with Crippen molar-refractivity contribution in [2.45, 2.75) is 0 Å². The smallest absolute Gasteiger partial charge is 0.300 e. The molecule has 0 saturated carbocycles. The van der Waals surface area contributed by atoms with Crippen LogP contribution in [0.4, 0.5) is 0 Å². The van der Waals surface area contributed by atoms with Crippen LogP contribution in [0, 0.1) is 0 Å². The number of hydrogen-bond donors (Lipinski definition) is 1. The SMILES string of the molecule is O=C1N=c2cccc(O)c2=C2N=NN=C12. The Morgan fingerprint density at radius 1 is 1.27 bits per heavy atom. The lowest BCUT2D eigenvalue weighted by Gasteiger charge is -2.03. The normalized spacial score (nSPS) is 16.9. The van der Waals surface area contributed by atoms with Crippen LogP contribution in [0.5, 0.6) is 5.75 Å². The van der Waals surface area contributed by atoms with Gasteiger partial charge in [0.2, 0.25) is 0 Å². The average molecular weight is 200 g/mol. The van der Waals surface area contributed by atoms with Crippen molar-refractivity contribution in [2.75, 3.05) is 0 Å². The molecule has 3 rings (SSSR count). The first-order chi connectivity index (χ1) is 7.27. The minimum Gasteiger partial charge on any atom is -0.507 e. The number of hydrogen-bond acceptors (Lipinski definition) is 5. The fourth-order valence-electron chi connectivity index (χ4n) is 1.55. The number of amides is 1. The van der Waals surface area contributed by atoms with E-state index in [-0.39, 0.29) is 11.5 Å². The Kier molecular flexibility index (Phi) is 1.37. The van der Waals surface area contributed by atoms with Crippen LogP contribution < -0.4 is 10.6 Å². The molecule has 2 aliphatic rings. The summed E-state index contributed by atoms with van der Waals surface area (Å²) in [5, 5.41) is 21.1. The third-order valence-corrected chi connectivity index (χ3v) is 2.20. The van der Waals surface area contributed by atoms with Gasteiger partial charge in [0, 0.05) is 0 Å². The zero-order chi connectivity index (χ0) is 10.4. The van der Waals surface area contributed by atoms with Crippen LogP contribution in [0.15, 0.2) is 38.6 Å². The summed E-state index contributed by atoms with van der Waals surface area (Å²) in [5.74, 6) is -0.458. The van der Waals surface area contributed by atoms with Crippen molar-refractivity contribution in [1.29, 1.82) is 0 Å². The quantitative estimate of drug-likeness (QED) is 0.611. The van der Waals surface area contributed by atoms with Crippen molar-refractivity contribution in [1.82, 2.24) is 0 Å². The second-order valence-corrected chi connectivity index (χ2v) is 3.07. The molecule has 0 saturated heterocycles. The van der Waals surface area contributed by atoms with Gasteiger partial charge in [-0.15, -0.1) is 10.2 Å². The highest BCUT2D eigenvalue weighted by atomic mass is 16.3. The summed E-state index contributed by atoms with van der Waals surface area (Å²) in [6.45, 7) is 0. The van der Waals surface area contributed by atoms with Crippen molar-refractivity contribution >= 4 is 17.3 Å². The largest absolute Gasteiger partial charge is 0.507 e.